The van der Waals surface area contributed by atoms with Crippen LogP contribution < -0.4 is 0 Å². The highest BCUT2D eigenvalue weighted by Gasteiger charge is 2.28. The number of hydrogen-bond donors (Lipinski definition) is 0. The van der Waals surface area contributed by atoms with Crippen LogP contribution >= 0.6 is 11.3 Å². The molecule has 100 valence electrons. The Morgan fingerprint density at radius 1 is 1.47 bits per heavy atom. The summed E-state index contributed by atoms with van der Waals surface area (Å²) in [4.78, 5) is 15.5. The summed E-state index contributed by atoms with van der Waals surface area (Å²) in [7, 11) is 0. The minimum atomic E-state index is 0.247. The normalized spacial score (nSPS) is 18.9. The van der Waals surface area contributed by atoms with Gasteiger partial charge in [0.15, 0.2) is 0 Å². The molecule has 1 amide bonds. The molecule has 0 aliphatic carbocycles. The maximum absolute atomic E-state index is 12.4. The van der Waals surface area contributed by atoms with E-state index in [0.717, 1.165) is 30.8 Å². The van der Waals surface area contributed by atoms with Crippen molar-refractivity contribution in [1.82, 2.24) is 14.7 Å². The van der Waals surface area contributed by atoms with Gasteiger partial charge in [-0.15, -0.1) is 11.3 Å². The fourth-order valence-electron chi connectivity index (χ4n) is 2.64. The molecule has 1 aliphatic rings. The average Bonchev–Trinajstić information content (AvgIpc) is 3.10. The third-order valence-corrected chi connectivity index (χ3v) is 4.44. The maximum atomic E-state index is 12.4. The molecule has 2 aromatic heterocycles. The molecule has 1 unspecified atom stereocenters. The summed E-state index contributed by atoms with van der Waals surface area (Å²) in [6.45, 7) is 1.69. The second-order valence-electron chi connectivity index (χ2n) is 4.87. The smallest absolute Gasteiger partial charge is 0.228 e. The molecule has 0 saturated carbocycles. The van der Waals surface area contributed by atoms with Gasteiger partial charge in [0.05, 0.1) is 19.0 Å². The zero-order valence-electron chi connectivity index (χ0n) is 10.7. The van der Waals surface area contributed by atoms with Crippen molar-refractivity contribution in [2.45, 2.75) is 31.8 Å². The van der Waals surface area contributed by atoms with Crippen LogP contribution in [0, 0.1) is 0 Å². The monoisotopic (exact) mass is 275 g/mol. The van der Waals surface area contributed by atoms with Crippen molar-refractivity contribution in [2.75, 3.05) is 6.54 Å². The summed E-state index contributed by atoms with van der Waals surface area (Å²) in [5, 5.41) is 6.25. The minimum absolute atomic E-state index is 0.247. The number of aromatic nitrogens is 2. The first-order chi connectivity index (χ1) is 9.33. The molecular formula is C14H17N3OS. The molecule has 0 radical (unpaired) electrons. The molecule has 0 N–H and O–H groups in total. The van der Waals surface area contributed by atoms with Gasteiger partial charge in [0.1, 0.15) is 0 Å². The molecule has 3 heterocycles. The van der Waals surface area contributed by atoms with Crippen molar-refractivity contribution < 1.29 is 4.79 Å². The van der Waals surface area contributed by atoms with Crippen LogP contribution in [0.25, 0.3) is 0 Å². The van der Waals surface area contributed by atoms with Crippen molar-refractivity contribution in [3.05, 3.63) is 40.8 Å². The highest BCUT2D eigenvalue weighted by Crippen LogP contribution is 2.21. The highest BCUT2D eigenvalue weighted by atomic mass is 32.1. The molecular weight excluding hydrogens is 258 g/mol. The number of rotatable bonds is 4. The minimum Gasteiger partial charge on any atom is -0.338 e. The van der Waals surface area contributed by atoms with E-state index in [9.17, 15) is 4.79 Å². The van der Waals surface area contributed by atoms with Crippen LogP contribution in [0.5, 0.6) is 0 Å². The van der Waals surface area contributed by atoms with Crippen LogP contribution in [0.15, 0.2) is 36.0 Å². The Hall–Kier alpha value is -1.62. The summed E-state index contributed by atoms with van der Waals surface area (Å²) in [6, 6.07) is 6.25. The molecule has 1 fully saturated rings. The Kier molecular flexibility index (Phi) is 3.64. The number of carbonyl (C=O) groups excluding carboxylic acids is 1. The van der Waals surface area contributed by atoms with Gasteiger partial charge < -0.3 is 4.90 Å². The SMILES string of the molecule is O=C(Cc1cccs1)N1CCCC1Cn1cccn1. The molecule has 1 saturated heterocycles. The van der Waals surface area contributed by atoms with E-state index in [0.29, 0.717) is 12.5 Å². The van der Waals surface area contributed by atoms with E-state index >= 15 is 0 Å². The predicted octanol–water partition coefficient (Wildman–Crippen LogP) is 2.18. The van der Waals surface area contributed by atoms with Crippen LogP contribution in [-0.2, 0) is 17.8 Å². The molecule has 1 aliphatic heterocycles. The molecule has 19 heavy (non-hydrogen) atoms. The van der Waals surface area contributed by atoms with Gasteiger partial charge in [-0.2, -0.15) is 5.10 Å². The molecule has 4 nitrogen and oxygen atoms in total. The lowest BCUT2D eigenvalue weighted by Gasteiger charge is -2.24. The zero-order valence-corrected chi connectivity index (χ0v) is 11.6. The van der Waals surface area contributed by atoms with Crippen LogP contribution in [-0.4, -0.2) is 33.2 Å². The summed E-state index contributed by atoms with van der Waals surface area (Å²) in [6.07, 6.45) is 6.46. The molecule has 0 spiro atoms. The number of amides is 1. The van der Waals surface area contributed by atoms with Gasteiger partial charge in [0.25, 0.3) is 0 Å². The van der Waals surface area contributed by atoms with Crippen LogP contribution in [0.4, 0.5) is 0 Å². The van der Waals surface area contributed by atoms with Gasteiger partial charge >= 0.3 is 0 Å². The second-order valence-corrected chi connectivity index (χ2v) is 5.90. The lowest BCUT2D eigenvalue weighted by Crippen LogP contribution is -2.38. The standard InChI is InChI=1S/C14H17N3OS/c18-14(10-13-5-2-9-19-13)17-8-1-4-12(17)11-16-7-3-6-15-16/h2-3,5-7,9,12H,1,4,8,10-11H2. The van der Waals surface area contributed by atoms with Crippen LogP contribution in [0.3, 0.4) is 0 Å². The van der Waals surface area contributed by atoms with Crippen molar-refractivity contribution >= 4 is 17.2 Å². The summed E-state index contributed by atoms with van der Waals surface area (Å²) in [5.41, 5.74) is 0. The largest absolute Gasteiger partial charge is 0.338 e. The van der Waals surface area contributed by atoms with Crippen molar-refractivity contribution in [3.63, 3.8) is 0 Å². The lowest BCUT2D eigenvalue weighted by atomic mass is 10.2. The summed E-state index contributed by atoms with van der Waals surface area (Å²) < 4.78 is 1.92. The number of nitrogens with zero attached hydrogens (tertiary/aromatic N) is 3. The molecule has 0 aromatic carbocycles. The van der Waals surface area contributed by atoms with Crippen LogP contribution in [0.1, 0.15) is 17.7 Å². The summed E-state index contributed by atoms with van der Waals surface area (Å²) >= 11 is 1.65. The van der Waals surface area contributed by atoms with E-state index in [2.05, 4.69) is 5.10 Å². The second kappa shape index (κ2) is 5.57. The number of thiophene rings is 1. The lowest BCUT2D eigenvalue weighted by molar-refractivity contribution is -0.131. The van der Waals surface area contributed by atoms with E-state index in [4.69, 9.17) is 0 Å². The van der Waals surface area contributed by atoms with Gasteiger partial charge in [-0.05, 0) is 30.4 Å². The summed E-state index contributed by atoms with van der Waals surface area (Å²) in [5.74, 6) is 0.247. The van der Waals surface area contributed by atoms with E-state index in [-0.39, 0.29) is 5.91 Å². The number of hydrogen-bond acceptors (Lipinski definition) is 3. The quantitative estimate of drug-likeness (QED) is 0.858. The van der Waals surface area contributed by atoms with Crippen LogP contribution in [0.2, 0.25) is 0 Å². The first kappa shape index (κ1) is 12.4. The number of likely N-dealkylation sites (tertiary alicyclic amines) is 1. The molecule has 3 rings (SSSR count). The Bertz CT molecular complexity index is 521. The first-order valence-corrected chi connectivity index (χ1v) is 7.50. The maximum Gasteiger partial charge on any atom is 0.228 e. The Balaban J connectivity index is 1.64. The van der Waals surface area contributed by atoms with Gasteiger partial charge in [-0.1, -0.05) is 6.07 Å². The molecule has 2 aromatic rings. The zero-order chi connectivity index (χ0) is 13.1. The Morgan fingerprint density at radius 3 is 3.16 bits per heavy atom. The van der Waals surface area contributed by atoms with Gasteiger partial charge in [-0.3, -0.25) is 9.48 Å². The van der Waals surface area contributed by atoms with Gasteiger partial charge in [0, 0.05) is 23.8 Å². The third-order valence-electron chi connectivity index (χ3n) is 3.56. The van der Waals surface area contributed by atoms with Crippen molar-refractivity contribution in [3.8, 4) is 0 Å². The fourth-order valence-corrected chi connectivity index (χ4v) is 3.34. The van der Waals surface area contributed by atoms with E-state index in [1.54, 1.807) is 17.5 Å². The van der Waals surface area contributed by atoms with Crippen molar-refractivity contribution in [2.24, 2.45) is 0 Å². The molecule has 0 bridgehead atoms. The average molecular weight is 275 g/mol. The fraction of sp³-hybridized carbons (Fsp3) is 0.429. The Morgan fingerprint density at radius 2 is 2.42 bits per heavy atom. The molecule has 1 atom stereocenters. The van der Waals surface area contributed by atoms with Gasteiger partial charge in [0.2, 0.25) is 5.91 Å². The highest BCUT2D eigenvalue weighted by molar-refractivity contribution is 7.10. The van der Waals surface area contributed by atoms with E-state index < -0.39 is 0 Å². The topological polar surface area (TPSA) is 38.1 Å². The number of carbonyl (C=O) groups is 1. The first-order valence-electron chi connectivity index (χ1n) is 6.62. The van der Waals surface area contributed by atoms with E-state index in [1.807, 2.05) is 39.4 Å². The van der Waals surface area contributed by atoms with Crippen molar-refractivity contribution in [1.29, 1.82) is 0 Å². The Labute approximate surface area is 116 Å². The van der Waals surface area contributed by atoms with Gasteiger partial charge in [-0.25, -0.2) is 0 Å². The van der Waals surface area contributed by atoms with E-state index in [1.165, 1.54) is 0 Å². The predicted molar refractivity (Wildman–Crippen MR) is 75.0 cm³/mol. The third kappa shape index (κ3) is 2.87. The molecule has 5 heteroatoms.